The van der Waals surface area contributed by atoms with E-state index in [9.17, 15) is 4.79 Å². The number of nitrogens with one attached hydrogen (secondary N) is 1. The molecule has 3 unspecified atom stereocenters. The lowest BCUT2D eigenvalue weighted by Crippen LogP contribution is -2.58. The van der Waals surface area contributed by atoms with Gasteiger partial charge in [0.05, 0.1) is 0 Å². The van der Waals surface area contributed by atoms with E-state index in [0.29, 0.717) is 18.0 Å². The topological polar surface area (TPSA) is 32.3 Å². The predicted octanol–water partition coefficient (Wildman–Crippen LogP) is 2.41. The zero-order chi connectivity index (χ0) is 12.8. The van der Waals surface area contributed by atoms with E-state index in [1.54, 1.807) is 0 Å². The van der Waals surface area contributed by atoms with Gasteiger partial charge in [0, 0.05) is 31.1 Å². The van der Waals surface area contributed by atoms with Crippen LogP contribution in [0, 0.1) is 5.92 Å². The van der Waals surface area contributed by atoms with Gasteiger partial charge in [0.2, 0.25) is 5.91 Å². The van der Waals surface area contributed by atoms with E-state index in [-0.39, 0.29) is 5.92 Å². The lowest BCUT2D eigenvalue weighted by atomic mass is 9.95. The number of carbonyl (C=O) groups is 1. The van der Waals surface area contributed by atoms with E-state index in [4.69, 9.17) is 0 Å². The first-order valence-corrected chi connectivity index (χ1v) is 7.14. The van der Waals surface area contributed by atoms with Crippen molar-refractivity contribution in [1.82, 2.24) is 10.2 Å². The Kier molecular flexibility index (Phi) is 5.96. The van der Waals surface area contributed by atoms with Crippen LogP contribution in [0.1, 0.15) is 53.4 Å². The minimum absolute atomic E-state index is 0.234. The van der Waals surface area contributed by atoms with Gasteiger partial charge in [-0.05, 0) is 26.7 Å². The summed E-state index contributed by atoms with van der Waals surface area (Å²) in [6.45, 7) is 10.5. The first kappa shape index (κ1) is 14.5. The van der Waals surface area contributed by atoms with Crippen molar-refractivity contribution in [3.05, 3.63) is 0 Å². The first-order chi connectivity index (χ1) is 8.11. The zero-order valence-corrected chi connectivity index (χ0v) is 11.8. The van der Waals surface area contributed by atoms with Crippen LogP contribution in [0.3, 0.4) is 0 Å². The van der Waals surface area contributed by atoms with E-state index in [0.717, 1.165) is 25.9 Å². The van der Waals surface area contributed by atoms with Crippen molar-refractivity contribution in [2.24, 2.45) is 5.92 Å². The van der Waals surface area contributed by atoms with Crippen molar-refractivity contribution >= 4 is 5.91 Å². The standard InChI is InChI=1S/C14H28N2O/c1-5-7-8-13(6-2)14(17)16-11(3)9-15-10-12(16)4/h11-13,15H,5-10H2,1-4H3. The molecule has 1 rings (SSSR count). The van der Waals surface area contributed by atoms with Gasteiger partial charge in [0.1, 0.15) is 0 Å². The van der Waals surface area contributed by atoms with Crippen LogP contribution in [-0.4, -0.2) is 36.0 Å². The number of hydrogen-bond acceptors (Lipinski definition) is 2. The van der Waals surface area contributed by atoms with Crippen LogP contribution >= 0.6 is 0 Å². The van der Waals surface area contributed by atoms with Crippen molar-refractivity contribution < 1.29 is 4.79 Å². The van der Waals surface area contributed by atoms with Crippen molar-refractivity contribution in [2.45, 2.75) is 65.5 Å². The molecule has 0 saturated carbocycles. The molecule has 0 aromatic heterocycles. The maximum Gasteiger partial charge on any atom is 0.226 e. The minimum Gasteiger partial charge on any atom is -0.334 e. The van der Waals surface area contributed by atoms with Crippen LogP contribution in [0.2, 0.25) is 0 Å². The highest BCUT2D eigenvalue weighted by Crippen LogP contribution is 2.20. The molecule has 1 saturated heterocycles. The molecule has 0 radical (unpaired) electrons. The van der Waals surface area contributed by atoms with Crippen LogP contribution in [0.5, 0.6) is 0 Å². The van der Waals surface area contributed by atoms with Crippen LogP contribution in [0.15, 0.2) is 0 Å². The van der Waals surface area contributed by atoms with Gasteiger partial charge in [-0.2, -0.15) is 0 Å². The summed E-state index contributed by atoms with van der Waals surface area (Å²) in [7, 11) is 0. The summed E-state index contributed by atoms with van der Waals surface area (Å²) in [6, 6.07) is 0.670. The lowest BCUT2D eigenvalue weighted by Gasteiger charge is -2.41. The molecule has 0 aromatic carbocycles. The fourth-order valence-corrected chi connectivity index (χ4v) is 2.73. The summed E-state index contributed by atoms with van der Waals surface area (Å²) >= 11 is 0. The Morgan fingerprint density at radius 3 is 2.35 bits per heavy atom. The van der Waals surface area contributed by atoms with Crippen molar-refractivity contribution in [1.29, 1.82) is 0 Å². The Morgan fingerprint density at radius 2 is 1.88 bits per heavy atom. The van der Waals surface area contributed by atoms with Gasteiger partial charge in [0.25, 0.3) is 0 Å². The maximum absolute atomic E-state index is 12.6. The van der Waals surface area contributed by atoms with Crippen molar-refractivity contribution in [2.75, 3.05) is 13.1 Å². The number of piperazine rings is 1. The third-order valence-electron chi connectivity index (χ3n) is 3.83. The molecule has 1 fully saturated rings. The summed E-state index contributed by atoms with van der Waals surface area (Å²) in [6.07, 6.45) is 4.37. The second-order valence-corrected chi connectivity index (χ2v) is 5.35. The second-order valence-electron chi connectivity index (χ2n) is 5.35. The summed E-state index contributed by atoms with van der Waals surface area (Å²) < 4.78 is 0. The fraction of sp³-hybridized carbons (Fsp3) is 0.929. The molecule has 0 aliphatic carbocycles. The Morgan fingerprint density at radius 1 is 1.29 bits per heavy atom. The lowest BCUT2D eigenvalue weighted by molar-refractivity contribution is -0.141. The summed E-state index contributed by atoms with van der Waals surface area (Å²) in [5, 5.41) is 3.38. The number of rotatable bonds is 5. The average molecular weight is 240 g/mol. The SMILES string of the molecule is CCCCC(CC)C(=O)N1C(C)CNCC1C. The number of hydrogen-bond donors (Lipinski definition) is 1. The van der Waals surface area contributed by atoms with Gasteiger partial charge >= 0.3 is 0 Å². The van der Waals surface area contributed by atoms with Crippen molar-refractivity contribution in [3.8, 4) is 0 Å². The highest BCUT2D eigenvalue weighted by Gasteiger charge is 2.32. The number of nitrogens with zero attached hydrogens (tertiary/aromatic N) is 1. The third-order valence-corrected chi connectivity index (χ3v) is 3.83. The minimum atomic E-state index is 0.234. The van der Waals surface area contributed by atoms with Gasteiger partial charge < -0.3 is 10.2 Å². The second kappa shape index (κ2) is 7.00. The maximum atomic E-state index is 12.6. The molecule has 1 heterocycles. The Bertz CT molecular complexity index is 232. The molecule has 0 bridgehead atoms. The molecular weight excluding hydrogens is 212 g/mol. The molecule has 17 heavy (non-hydrogen) atoms. The summed E-state index contributed by atoms with van der Waals surface area (Å²) in [5.74, 6) is 0.611. The quantitative estimate of drug-likeness (QED) is 0.800. The fourth-order valence-electron chi connectivity index (χ4n) is 2.73. The Balaban J connectivity index is 2.64. The molecule has 1 amide bonds. The van der Waals surface area contributed by atoms with Gasteiger partial charge in [-0.15, -0.1) is 0 Å². The normalized spacial score (nSPS) is 26.9. The summed E-state index contributed by atoms with van der Waals surface area (Å²) in [5.41, 5.74) is 0. The van der Waals surface area contributed by atoms with Crippen LogP contribution < -0.4 is 5.32 Å². The van der Waals surface area contributed by atoms with E-state index in [1.807, 2.05) is 0 Å². The molecule has 100 valence electrons. The largest absolute Gasteiger partial charge is 0.334 e. The molecule has 0 spiro atoms. The average Bonchev–Trinajstić information content (AvgIpc) is 2.30. The highest BCUT2D eigenvalue weighted by molar-refractivity contribution is 5.79. The Labute approximate surface area is 106 Å². The zero-order valence-electron chi connectivity index (χ0n) is 11.8. The van der Waals surface area contributed by atoms with E-state index >= 15 is 0 Å². The molecule has 3 nitrogen and oxygen atoms in total. The summed E-state index contributed by atoms with van der Waals surface area (Å²) in [4.78, 5) is 14.7. The predicted molar refractivity (Wildman–Crippen MR) is 71.9 cm³/mol. The van der Waals surface area contributed by atoms with Crippen LogP contribution in [-0.2, 0) is 4.79 Å². The van der Waals surface area contributed by atoms with Crippen LogP contribution in [0.4, 0.5) is 0 Å². The molecule has 1 N–H and O–H groups in total. The molecule has 3 atom stereocenters. The van der Waals surface area contributed by atoms with Gasteiger partial charge in [-0.3, -0.25) is 4.79 Å². The van der Waals surface area contributed by atoms with E-state index in [1.165, 1.54) is 12.8 Å². The molecule has 3 heteroatoms. The molecular formula is C14H28N2O. The third kappa shape index (κ3) is 3.70. The molecule has 1 aliphatic rings. The molecule has 0 aromatic rings. The highest BCUT2D eigenvalue weighted by atomic mass is 16.2. The first-order valence-electron chi connectivity index (χ1n) is 7.14. The smallest absolute Gasteiger partial charge is 0.226 e. The van der Waals surface area contributed by atoms with Crippen molar-refractivity contribution in [3.63, 3.8) is 0 Å². The number of unbranched alkanes of at least 4 members (excludes halogenated alkanes) is 1. The number of amides is 1. The van der Waals surface area contributed by atoms with E-state index in [2.05, 4.69) is 37.9 Å². The van der Waals surface area contributed by atoms with Gasteiger partial charge in [-0.1, -0.05) is 26.7 Å². The Hall–Kier alpha value is -0.570. The molecule has 1 aliphatic heterocycles. The van der Waals surface area contributed by atoms with Gasteiger partial charge in [0.15, 0.2) is 0 Å². The van der Waals surface area contributed by atoms with E-state index < -0.39 is 0 Å². The monoisotopic (exact) mass is 240 g/mol. The number of carbonyl (C=O) groups excluding carboxylic acids is 1. The van der Waals surface area contributed by atoms with Gasteiger partial charge in [-0.25, -0.2) is 0 Å². The van der Waals surface area contributed by atoms with Crippen LogP contribution in [0.25, 0.3) is 0 Å².